The molecule has 0 radical (unpaired) electrons. The van der Waals surface area contributed by atoms with Crippen LogP contribution in [0.5, 0.6) is 5.75 Å². The van der Waals surface area contributed by atoms with Gasteiger partial charge < -0.3 is 4.74 Å². The van der Waals surface area contributed by atoms with Crippen LogP contribution in [-0.2, 0) is 4.79 Å². The van der Waals surface area contributed by atoms with E-state index in [4.69, 9.17) is 4.74 Å². The SMILES string of the molecule is COc1c(C)c(C)cc(C)c1C1CCC(=O)CC1. The van der Waals surface area contributed by atoms with E-state index in [0.29, 0.717) is 11.7 Å². The van der Waals surface area contributed by atoms with Gasteiger partial charge in [-0.3, -0.25) is 4.79 Å². The highest BCUT2D eigenvalue weighted by atomic mass is 16.5. The fourth-order valence-corrected chi connectivity index (χ4v) is 3.07. The number of aryl methyl sites for hydroxylation is 2. The number of carbonyl (C=O) groups is 1. The standard InChI is InChI=1S/C16H22O2/c1-10-9-11(2)15(16(18-4)12(10)3)13-5-7-14(17)8-6-13/h9,13H,5-8H2,1-4H3. The normalized spacial score (nSPS) is 17.0. The zero-order valence-corrected chi connectivity index (χ0v) is 11.8. The summed E-state index contributed by atoms with van der Waals surface area (Å²) >= 11 is 0. The van der Waals surface area contributed by atoms with E-state index in [1.807, 2.05) is 0 Å². The van der Waals surface area contributed by atoms with E-state index in [2.05, 4.69) is 26.8 Å². The van der Waals surface area contributed by atoms with E-state index in [0.717, 1.165) is 31.4 Å². The van der Waals surface area contributed by atoms with Crippen molar-refractivity contribution in [2.75, 3.05) is 7.11 Å². The van der Waals surface area contributed by atoms with Crippen LogP contribution in [0.15, 0.2) is 6.07 Å². The Labute approximate surface area is 109 Å². The molecule has 0 spiro atoms. The highest BCUT2D eigenvalue weighted by Crippen LogP contribution is 2.41. The summed E-state index contributed by atoms with van der Waals surface area (Å²) in [7, 11) is 1.75. The number of benzene rings is 1. The van der Waals surface area contributed by atoms with Crippen molar-refractivity contribution in [2.24, 2.45) is 0 Å². The monoisotopic (exact) mass is 246 g/mol. The first-order chi connectivity index (χ1) is 8.54. The average Bonchev–Trinajstić information content (AvgIpc) is 2.35. The maximum atomic E-state index is 11.4. The summed E-state index contributed by atoms with van der Waals surface area (Å²) in [6.07, 6.45) is 3.39. The molecule has 2 heteroatoms. The molecule has 1 aliphatic carbocycles. The van der Waals surface area contributed by atoms with Crippen LogP contribution in [0.2, 0.25) is 0 Å². The maximum absolute atomic E-state index is 11.4. The van der Waals surface area contributed by atoms with Crippen molar-refractivity contribution in [1.82, 2.24) is 0 Å². The molecule has 98 valence electrons. The summed E-state index contributed by atoms with van der Waals surface area (Å²) < 4.78 is 5.63. The molecule has 0 amide bonds. The summed E-state index contributed by atoms with van der Waals surface area (Å²) in [6.45, 7) is 6.39. The number of carbonyl (C=O) groups excluding carboxylic acids is 1. The molecule has 0 unspecified atom stereocenters. The molecule has 18 heavy (non-hydrogen) atoms. The zero-order chi connectivity index (χ0) is 13.3. The summed E-state index contributed by atoms with van der Waals surface area (Å²) in [5, 5.41) is 0. The van der Waals surface area contributed by atoms with Gasteiger partial charge in [-0.15, -0.1) is 0 Å². The van der Waals surface area contributed by atoms with Gasteiger partial charge in [0, 0.05) is 18.4 Å². The molecule has 1 aromatic rings. The third-order valence-electron chi connectivity index (χ3n) is 4.19. The Morgan fingerprint density at radius 3 is 2.28 bits per heavy atom. The molecule has 0 aliphatic heterocycles. The summed E-state index contributed by atoms with van der Waals surface area (Å²) in [4.78, 5) is 11.4. The second kappa shape index (κ2) is 5.13. The smallest absolute Gasteiger partial charge is 0.132 e. The Morgan fingerprint density at radius 2 is 1.72 bits per heavy atom. The van der Waals surface area contributed by atoms with Crippen LogP contribution in [0.1, 0.15) is 53.9 Å². The van der Waals surface area contributed by atoms with E-state index in [9.17, 15) is 4.79 Å². The molecule has 1 aromatic carbocycles. The van der Waals surface area contributed by atoms with Crippen LogP contribution < -0.4 is 4.74 Å². The average molecular weight is 246 g/mol. The molecule has 0 heterocycles. The maximum Gasteiger partial charge on any atom is 0.132 e. The predicted molar refractivity (Wildman–Crippen MR) is 73.4 cm³/mol. The van der Waals surface area contributed by atoms with Crippen LogP contribution >= 0.6 is 0 Å². The molecule has 1 saturated carbocycles. The fraction of sp³-hybridized carbons (Fsp3) is 0.562. The van der Waals surface area contributed by atoms with Crippen molar-refractivity contribution in [2.45, 2.75) is 52.4 Å². The van der Waals surface area contributed by atoms with Crippen LogP contribution in [0.3, 0.4) is 0 Å². The van der Waals surface area contributed by atoms with Crippen LogP contribution in [0, 0.1) is 20.8 Å². The van der Waals surface area contributed by atoms with Crippen LogP contribution in [0.4, 0.5) is 0 Å². The van der Waals surface area contributed by atoms with Gasteiger partial charge in [-0.2, -0.15) is 0 Å². The minimum Gasteiger partial charge on any atom is -0.496 e. The number of methoxy groups -OCH3 is 1. The molecule has 0 bridgehead atoms. The van der Waals surface area contributed by atoms with Gasteiger partial charge in [-0.1, -0.05) is 6.07 Å². The number of hydrogen-bond donors (Lipinski definition) is 0. The lowest BCUT2D eigenvalue weighted by atomic mass is 9.80. The van der Waals surface area contributed by atoms with E-state index >= 15 is 0 Å². The van der Waals surface area contributed by atoms with E-state index in [1.165, 1.54) is 22.3 Å². The lowest BCUT2D eigenvalue weighted by Gasteiger charge is -2.26. The highest BCUT2D eigenvalue weighted by Gasteiger charge is 2.25. The van der Waals surface area contributed by atoms with Gasteiger partial charge in [-0.25, -0.2) is 0 Å². The first kappa shape index (κ1) is 13.1. The van der Waals surface area contributed by atoms with Crippen molar-refractivity contribution >= 4 is 5.78 Å². The van der Waals surface area contributed by atoms with Gasteiger partial charge in [0.15, 0.2) is 0 Å². The second-order valence-corrected chi connectivity index (χ2v) is 5.40. The van der Waals surface area contributed by atoms with Crippen molar-refractivity contribution in [3.63, 3.8) is 0 Å². The third-order valence-corrected chi connectivity index (χ3v) is 4.19. The summed E-state index contributed by atoms with van der Waals surface area (Å²) in [6, 6.07) is 2.24. The van der Waals surface area contributed by atoms with Crippen molar-refractivity contribution in [1.29, 1.82) is 0 Å². The topological polar surface area (TPSA) is 26.3 Å². The van der Waals surface area contributed by atoms with Gasteiger partial charge in [0.05, 0.1) is 7.11 Å². The molecule has 0 aromatic heterocycles. The summed E-state index contributed by atoms with van der Waals surface area (Å²) in [5.41, 5.74) is 5.14. The molecule has 0 saturated heterocycles. The number of ether oxygens (including phenoxy) is 1. The summed E-state index contributed by atoms with van der Waals surface area (Å²) in [5.74, 6) is 1.93. The Kier molecular flexibility index (Phi) is 3.74. The molecular formula is C16H22O2. The van der Waals surface area contributed by atoms with E-state index in [-0.39, 0.29) is 0 Å². The number of rotatable bonds is 2. The van der Waals surface area contributed by atoms with Gasteiger partial charge >= 0.3 is 0 Å². The molecule has 0 N–H and O–H groups in total. The van der Waals surface area contributed by atoms with Crippen molar-refractivity contribution in [3.05, 3.63) is 28.3 Å². The van der Waals surface area contributed by atoms with E-state index in [1.54, 1.807) is 7.11 Å². The Morgan fingerprint density at radius 1 is 1.11 bits per heavy atom. The van der Waals surface area contributed by atoms with Crippen molar-refractivity contribution < 1.29 is 9.53 Å². The molecular weight excluding hydrogens is 224 g/mol. The molecule has 0 atom stereocenters. The van der Waals surface area contributed by atoms with Gasteiger partial charge in [0.25, 0.3) is 0 Å². The van der Waals surface area contributed by atoms with Crippen LogP contribution in [0.25, 0.3) is 0 Å². The van der Waals surface area contributed by atoms with Crippen LogP contribution in [-0.4, -0.2) is 12.9 Å². The minimum absolute atomic E-state index is 0.409. The fourth-order valence-electron chi connectivity index (χ4n) is 3.07. The molecule has 1 fully saturated rings. The molecule has 2 rings (SSSR count). The lowest BCUT2D eigenvalue weighted by molar-refractivity contribution is -0.120. The highest BCUT2D eigenvalue weighted by molar-refractivity contribution is 5.79. The Hall–Kier alpha value is -1.31. The lowest BCUT2D eigenvalue weighted by Crippen LogP contribution is -2.15. The number of hydrogen-bond acceptors (Lipinski definition) is 2. The van der Waals surface area contributed by atoms with Gasteiger partial charge in [0.2, 0.25) is 0 Å². The number of ketones is 1. The minimum atomic E-state index is 0.409. The van der Waals surface area contributed by atoms with E-state index < -0.39 is 0 Å². The Bertz CT molecular complexity index is 464. The largest absolute Gasteiger partial charge is 0.496 e. The quantitative estimate of drug-likeness (QED) is 0.792. The Balaban J connectivity index is 2.43. The van der Waals surface area contributed by atoms with Crippen molar-refractivity contribution in [3.8, 4) is 5.75 Å². The molecule has 1 aliphatic rings. The zero-order valence-electron chi connectivity index (χ0n) is 11.8. The molecule has 2 nitrogen and oxygen atoms in total. The predicted octanol–water partition coefficient (Wildman–Crippen LogP) is 3.85. The first-order valence-electron chi connectivity index (χ1n) is 6.71. The second-order valence-electron chi connectivity index (χ2n) is 5.40. The van der Waals surface area contributed by atoms with Gasteiger partial charge in [0.1, 0.15) is 11.5 Å². The first-order valence-corrected chi connectivity index (χ1v) is 6.71. The van der Waals surface area contributed by atoms with Gasteiger partial charge in [-0.05, 0) is 56.2 Å². The third kappa shape index (κ3) is 2.29. The number of Topliss-reactive ketones (excluding diaryl/α,β-unsaturated/α-hetero) is 1.